The summed E-state index contributed by atoms with van der Waals surface area (Å²) in [5.41, 5.74) is 4.08. The predicted molar refractivity (Wildman–Crippen MR) is 88.4 cm³/mol. The maximum atomic E-state index is 12.7. The van der Waals surface area contributed by atoms with Gasteiger partial charge in [0.05, 0.1) is 25.3 Å². The van der Waals surface area contributed by atoms with E-state index >= 15 is 0 Å². The van der Waals surface area contributed by atoms with Crippen molar-refractivity contribution in [3.8, 4) is 5.75 Å². The smallest absolute Gasteiger partial charge is 0.229 e. The van der Waals surface area contributed by atoms with Gasteiger partial charge in [-0.3, -0.25) is 9.89 Å². The number of likely N-dealkylation sites (tertiary alicyclic amines) is 1. The number of aromatic amines is 1. The first-order chi connectivity index (χ1) is 11.1. The number of nitrogens with zero attached hydrogens (tertiary/aromatic N) is 2. The van der Waals surface area contributed by atoms with Crippen LogP contribution in [0.15, 0.2) is 24.3 Å². The predicted octanol–water partition coefficient (Wildman–Crippen LogP) is 2.94. The van der Waals surface area contributed by atoms with Gasteiger partial charge >= 0.3 is 0 Å². The average Bonchev–Trinajstić information content (AvgIpc) is 3.16. The second-order valence-corrected chi connectivity index (χ2v) is 6.19. The molecule has 1 aromatic carbocycles. The number of carbonyl (C=O) groups excluding carboxylic acids is 1. The molecular weight excluding hydrogens is 290 g/mol. The summed E-state index contributed by atoms with van der Waals surface area (Å²) in [5.74, 6) is 1.03. The Morgan fingerprint density at radius 3 is 2.87 bits per heavy atom. The van der Waals surface area contributed by atoms with Crippen LogP contribution in [0.5, 0.6) is 5.75 Å². The highest BCUT2D eigenvalue weighted by Crippen LogP contribution is 2.34. The van der Waals surface area contributed by atoms with Crippen LogP contribution in [0.1, 0.15) is 41.4 Å². The van der Waals surface area contributed by atoms with Gasteiger partial charge in [-0.05, 0) is 49.9 Å². The fourth-order valence-electron chi connectivity index (χ4n) is 3.34. The van der Waals surface area contributed by atoms with Gasteiger partial charge in [-0.2, -0.15) is 5.10 Å². The van der Waals surface area contributed by atoms with E-state index in [4.69, 9.17) is 4.74 Å². The van der Waals surface area contributed by atoms with E-state index in [1.54, 1.807) is 7.11 Å². The first-order valence-corrected chi connectivity index (χ1v) is 8.03. The molecule has 0 bridgehead atoms. The Morgan fingerprint density at radius 2 is 2.22 bits per heavy atom. The molecule has 1 amide bonds. The minimum absolute atomic E-state index is 0.146. The summed E-state index contributed by atoms with van der Waals surface area (Å²) < 4.78 is 5.33. The lowest BCUT2D eigenvalue weighted by atomic mass is 10.0. The molecule has 3 rings (SSSR count). The Hall–Kier alpha value is -2.30. The van der Waals surface area contributed by atoms with Crippen molar-refractivity contribution in [2.75, 3.05) is 13.7 Å². The Labute approximate surface area is 136 Å². The average molecular weight is 313 g/mol. The van der Waals surface area contributed by atoms with Crippen LogP contribution in [0.4, 0.5) is 0 Å². The van der Waals surface area contributed by atoms with E-state index in [0.29, 0.717) is 6.42 Å². The van der Waals surface area contributed by atoms with E-state index < -0.39 is 0 Å². The number of carbonyl (C=O) groups is 1. The number of rotatable bonds is 4. The highest BCUT2D eigenvalue weighted by atomic mass is 16.5. The SMILES string of the molecule is COc1ccc(C2CCCN2C(=O)Cc2cc(C)[nH]n2)cc1C. The maximum absolute atomic E-state index is 12.7. The van der Waals surface area contributed by atoms with E-state index in [0.717, 1.165) is 42.1 Å². The normalized spacial score (nSPS) is 17.5. The monoisotopic (exact) mass is 313 g/mol. The summed E-state index contributed by atoms with van der Waals surface area (Å²) in [6, 6.07) is 8.28. The van der Waals surface area contributed by atoms with Crippen LogP contribution in [0.3, 0.4) is 0 Å². The quantitative estimate of drug-likeness (QED) is 0.944. The first kappa shape index (κ1) is 15.6. The highest BCUT2D eigenvalue weighted by Gasteiger charge is 2.30. The number of hydrogen-bond donors (Lipinski definition) is 1. The van der Waals surface area contributed by atoms with Gasteiger partial charge in [0.25, 0.3) is 0 Å². The molecule has 1 aliphatic heterocycles. The number of ether oxygens (including phenoxy) is 1. The van der Waals surface area contributed by atoms with Crippen LogP contribution in [-0.2, 0) is 11.2 Å². The first-order valence-electron chi connectivity index (χ1n) is 8.03. The van der Waals surface area contributed by atoms with Crippen molar-refractivity contribution in [3.63, 3.8) is 0 Å². The molecule has 1 unspecified atom stereocenters. The summed E-state index contributed by atoms with van der Waals surface area (Å²) in [5, 5.41) is 7.07. The number of H-pyrrole nitrogens is 1. The van der Waals surface area contributed by atoms with Crippen molar-refractivity contribution >= 4 is 5.91 Å². The van der Waals surface area contributed by atoms with Crippen molar-refractivity contribution in [2.24, 2.45) is 0 Å². The van der Waals surface area contributed by atoms with Gasteiger partial charge in [0.2, 0.25) is 5.91 Å². The van der Waals surface area contributed by atoms with E-state index in [9.17, 15) is 4.79 Å². The Morgan fingerprint density at radius 1 is 1.39 bits per heavy atom. The molecular formula is C18H23N3O2. The molecule has 0 aliphatic carbocycles. The minimum atomic E-state index is 0.146. The van der Waals surface area contributed by atoms with Crippen LogP contribution < -0.4 is 4.74 Å². The van der Waals surface area contributed by atoms with Crippen LogP contribution in [0.25, 0.3) is 0 Å². The zero-order valence-electron chi connectivity index (χ0n) is 13.9. The molecule has 1 atom stereocenters. The molecule has 1 aliphatic rings. The molecule has 1 aromatic heterocycles. The molecule has 2 heterocycles. The molecule has 1 saturated heterocycles. The van der Waals surface area contributed by atoms with Gasteiger partial charge in [0, 0.05) is 12.2 Å². The van der Waals surface area contributed by atoms with E-state index in [-0.39, 0.29) is 11.9 Å². The Bertz CT molecular complexity index is 708. The lowest BCUT2D eigenvalue weighted by Gasteiger charge is -2.25. The Balaban J connectivity index is 1.77. The molecule has 122 valence electrons. The van der Waals surface area contributed by atoms with Crippen LogP contribution in [-0.4, -0.2) is 34.7 Å². The van der Waals surface area contributed by atoms with Crippen molar-refractivity contribution in [2.45, 2.75) is 39.2 Å². The zero-order chi connectivity index (χ0) is 16.4. The van der Waals surface area contributed by atoms with Gasteiger partial charge in [-0.15, -0.1) is 0 Å². The molecule has 0 spiro atoms. The molecule has 0 saturated carbocycles. The van der Waals surface area contributed by atoms with Crippen LogP contribution in [0, 0.1) is 13.8 Å². The molecule has 1 N–H and O–H groups in total. The number of nitrogens with one attached hydrogen (secondary N) is 1. The van der Waals surface area contributed by atoms with Crippen molar-refractivity contribution in [3.05, 3.63) is 46.8 Å². The maximum Gasteiger partial charge on any atom is 0.229 e. The fourth-order valence-corrected chi connectivity index (χ4v) is 3.34. The summed E-state index contributed by atoms with van der Waals surface area (Å²) in [4.78, 5) is 14.7. The third-order valence-electron chi connectivity index (χ3n) is 4.47. The largest absolute Gasteiger partial charge is 0.496 e. The number of benzene rings is 1. The van der Waals surface area contributed by atoms with E-state index in [1.807, 2.05) is 30.9 Å². The van der Waals surface area contributed by atoms with Gasteiger partial charge in [-0.25, -0.2) is 0 Å². The fraction of sp³-hybridized carbons (Fsp3) is 0.444. The summed E-state index contributed by atoms with van der Waals surface area (Å²) in [6.07, 6.45) is 2.41. The molecule has 5 heteroatoms. The van der Waals surface area contributed by atoms with Crippen LogP contribution in [0.2, 0.25) is 0 Å². The van der Waals surface area contributed by atoms with Gasteiger partial charge in [-0.1, -0.05) is 12.1 Å². The lowest BCUT2D eigenvalue weighted by molar-refractivity contribution is -0.131. The molecule has 23 heavy (non-hydrogen) atoms. The van der Waals surface area contributed by atoms with Crippen molar-refractivity contribution in [1.29, 1.82) is 0 Å². The van der Waals surface area contributed by atoms with Crippen molar-refractivity contribution < 1.29 is 9.53 Å². The summed E-state index contributed by atoms with van der Waals surface area (Å²) >= 11 is 0. The zero-order valence-corrected chi connectivity index (χ0v) is 13.9. The topological polar surface area (TPSA) is 58.2 Å². The van der Waals surface area contributed by atoms with E-state index in [2.05, 4.69) is 22.3 Å². The molecule has 1 fully saturated rings. The lowest BCUT2D eigenvalue weighted by Crippen LogP contribution is -2.32. The molecule has 2 aromatic rings. The van der Waals surface area contributed by atoms with Gasteiger partial charge in [0.1, 0.15) is 5.75 Å². The third-order valence-corrected chi connectivity index (χ3v) is 4.47. The summed E-state index contributed by atoms with van der Waals surface area (Å²) in [7, 11) is 1.68. The minimum Gasteiger partial charge on any atom is -0.496 e. The van der Waals surface area contributed by atoms with Crippen molar-refractivity contribution in [1.82, 2.24) is 15.1 Å². The van der Waals surface area contributed by atoms with Gasteiger partial charge < -0.3 is 9.64 Å². The Kier molecular flexibility index (Phi) is 4.37. The second-order valence-electron chi connectivity index (χ2n) is 6.19. The number of hydrogen-bond acceptors (Lipinski definition) is 3. The van der Waals surface area contributed by atoms with E-state index in [1.165, 1.54) is 5.56 Å². The number of aromatic nitrogens is 2. The number of methoxy groups -OCH3 is 1. The number of amides is 1. The second kappa shape index (κ2) is 6.44. The van der Waals surface area contributed by atoms with Gasteiger partial charge in [0.15, 0.2) is 0 Å². The molecule has 5 nitrogen and oxygen atoms in total. The summed E-state index contributed by atoms with van der Waals surface area (Å²) in [6.45, 7) is 4.80. The highest BCUT2D eigenvalue weighted by molar-refractivity contribution is 5.79. The van der Waals surface area contributed by atoms with Crippen LogP contribution >= 0.6 is 0 Å². The standard InChI is InChI=1S/C18H23N3O2/c1-12-9-14(6-7-17(12)23-3)16-5-4-8-21(16)18(22)11-15-10-13(2)19-20-15/h6-7,9-10,16H,4-5,8,11H2,1-3H3,(H,19,20). The molecule has 0 radical (unpaired) electrons. The number of aryl methyl sites for hydroxylation is 2. The third kappa shape index (κ3) is 3.23.